The van der Waals surface area contributed by atoms with Crippen LogP contribution in [0.25, 0.3) is 0 Å². The fourth-order valence-electron chi connectivity index (χ4n) is 1.29. The Labute approximate surface area is 104 Å². The third-order valence-corrected chi connectivity index (χ3v) is 2.03. The molecule has 0 amide bonds. The van der Waals surface area contributed by atoms with Crippen molar-refractivity contribution in [3.05, 3.63) is 42.1 Å². The topological polar surface area (TPSA) is 86.1 Å². The average molecular weight is 241 g/mol. The molecule has 1 heterocycles. The average Bonchev–Trinajstić information content (AvgIpc) is 2.76. The summed E-state index contributed by atoms with van der Waals surface area (Å²) in [5.41, 5.74) is 0.879. The van der Waals surface area contributed by atoms with E-state index in [-0.39, 0.29) is 6.02 Å². The smallest absolute Gasteiger partial charge is 0.310 e. The molecule has 0 saturated carbocycles. The number of aliphatic imine (C=N–C) groups is 1. The molecule has 0 atom stereocenters. The number of hydrogen-bond acceptors (Lipinski definition) is 4. The second-order valence-electron chi connectivity index (χ2n) is 3.48. The number of aromatic nitrogens is 2. The Balaban J connectivity index is 2.18. The number of hydrogen-bond donors (Lipinski definition) is 2. The lowest BCUT2D eigenvalue weighted by Gasteiger charge is -2.05. The standard InChI is InChI=1S/C12H11N5O/c1-9-7-11(17-16-9)15-12(14-8-13)18-10-5-3-2-4-6-10/h2-7H,1H3,(H2,14,15,16,17). The summed E-state index contributed by atoms with van der Waals surface area (Å²) in [5, 5.41) is 17.7. The van der Waals surface area contributed by atoms with E-state index in [2.05, 4.69) is 20.5 Å². The fourth-order valence-corrected chi connectivity index (χ4v) is 1.29. The summed E-state index contributed by atoms with van der Waals surface area (Å²) in [6, 6.07) is 10.9. The normalized spacial score (nSPS) is 10.8. The Hall–Kier alpha value is -2.81. The van der Waals surface area contributed by atoms with Crippen LogP contribution in [0.3, 0.4) is 0 Å². The maximum Gasteiger partial charge on any atom is 0.310 e. The second kappa shape index (κ2) is 5.50. The van der Waals surface area contributed by atoms with Crippen molar-refractivity contribution in [1.82, 2.24) is 15.5 Å². The molecule has 0 saturated heterocycles. The number of para-hydroxylation sites is 1. The molecule has 2 rings (SSSR count). The highest BCUT2D eigenvalue weighted by molar-refractivity contribution is 5.80. The molecule has 2 N–H and O–H groups in total. The first-order valence-electron chi connectivity index (χ1n) is 5.26. The minimum Gasteiger partial charge on any atom is -0.425 e. The molecule has 0 radical (unpaired) electrons. The number of nitriles is 1. The van der Waals surface area contributed by atoms with Crippen LogP contribution >= 0.6 is 0 Å². The van der Waals surface area contributed by atoms with E-state index in [1.807, 2.05) is 25.1 Å². The summed E-state index contributed by atoms with van der Waals surface area (Å²) in [7, 11) is 0. The molecule has 90 valence electrons. The predicted molar refractivity (Wildman–Crippen MR) is 66.2 cm³/mol. The van der Waals surface area contributed by atoms with Gasteiger partial charge in [-0.25, -0.2) is 5.32 Å². The Morgan fingerprint density at radius 3 is 2.83 bits per heavy atom. The van der Waals surface area contributed by atoms with E-state index in [1.165, 1.54) is 0 Å². The summed E-state index contributed by atoms with van der Waals surface area (Å²) in [6.07, 6.45) is 1.77. The molecular formula is C12H11N5O. The first-order valence-corrected chi connectivity index (χ1v) is 5.26. The Bertz CT molecular complexity index is 582. The first kappa shape index (κ1) is 11.7. The first-order chi connectivity index (χ1) is 8.78. The van der Waals surface area contributed by atoms with E-state index in [4.69, 9.17) is 10.00 Å². The van der Waals surface area contributed by atoms with Crippen LogP contribution in [0.2, 0.25) is 0 Å². The fraction of sp³-hybridized carbons (Fsp3) is 0.0833. The third kappa shape index (κ3) is 3.09. The SMILES string of the molecule is Cc1cc(N=C(NC#N)Oc2ccccc2)n[nH]1. The van der Waals surface area contributed by atoms with Crippen molar-refractivity contribution >= 4 is 11.8 Å². The van der Waals surface area contributed by atoms with Gasteiger partial charge < -0.3 is 4.74 Å². The summed E-state index contributed by atoms with van der Waals surface area (Å²) >= 11 is 0. The summed E-state index contributed by atoms with van der Waals surface area (Å²) in [5.74, 6) is 1.03. The molecule has 0 unspecified atom stereocenters. The van der Waals surface area contributed by atoms with Crippen LogP contribution in [0.15, 0.2) is 41.4 Å². The number of benzene rings is 1. The molecule has 0 spiro atoms. The lowest BCUT2D eigenvalue weighted by Crippen LogP contribution is -2.24. The van der Waals surface area contributed by atoms with E-state index in [0.717, 1.165) is 5.69 Å². The summed E-state index contributed by atoms with van der Waals surface area (Å²) in [4.78, 5) is 4.08. The van der Waals surface area contributed by atoms with Crippen LogP contribution in [0.1, 0.15) is 5.69 Å². The van der Waals surface area contributed by atoms with E-state index in [1.54, 1.807) is 24.4 Å². The van der Waals surface area contributed by atoms with Crippen LogP contribution in [0.4, 0.5) is 5.82 Å². The quantitative estimate of drug-likeness (QED) is 0.363. The minimum absolute atomic E-state index is 0.0789. The van der Waals surface area contributed by atoms with Crippen LogP contribution in [0.5, 0.6) is 5.75 Å². The number of rotatable bonds is 2. The van der Waals surface area contributed by atoms with Gasteiger partial charge in [-0.1, -0.05) is 18.2 Å². The minimum atomic E-state index is 0.0789. The van der Waals surface area contributed by atoms with E-state index < -0.39 is 0 Å². The molecule has 1 aromatic carbocycles. The zero-order valence-corrected chi connectivity index (χ0v) is 9.71. The maximum absolute atomic E-state index is 8.65. The number of ether oxygens (including phenoxy) is 1. The largest absolute Gasteiger partial charge is 0.425 e. The highest BCUT2D eigenvalue weighted by Gasteiger charge is 2.04. The Kier molecular flexibility index (Phi) is 3.56. The van der Waals surface area contributed by atoms with Crippen LogP contribution in [-0.2, 0) is 0 Å². The second-order valence-corrected chi connectivity index (χ2v) is 3.48. The molecule has 0 aliphatic rings. The van der Waals surface area contributed by atoms with Gasteiger partial charge >= 0.3 is 6.02 Å². The van der Waals surface area contributed by atoms with Gasteiger partial charge in [0.2, 0.25) is 0 Å². The van der Waals surface area contributed by atoms with Gasteiger partial charge in [0, 0.05) is 11.8 Å². The van der Waals surface area contributed by atoms with Crippen LogP contribution in [-0.4, -0.2) is 16.2 Å². The number of nitrogens with zero attached hydrogens (tertiary/aromatic N) is 3. The lowest BCUT2D eigenvalue weighted by atomic mass is 10.3. The van der Waals surface area contributed by atoms with Crippen molar-refractivity contribution in [2.75, 3.05) is 0 Å². The van der Waals surface area contributed by atoms with E-state index in [9.17, 15) is 0 Å². The van der Waals surface area contributed by atoms with Gasteiger partial charge in [0.05, 0.1) is 0 Å². The van der Waals surface area contributed by atoms with Crippen LogP contribution < -0.4 is 10.1 Å². The van der Waals surface area contributed by atoms with Gasteiger partial charge in [-0.05, 0) is 19.1 Å². The number of aryl methyl sites for hydroxylation is 1. The van der Waals surface area contributed by atoms with E-state index >= 15 is 0 Å². The van der Waals surface area contributed by atoms with Crippen molar-refractivity contribution in [3.8, 4) is 11.9 Å². The van der Waals surface area contributed by atoms with Crippen molar-refractivity contribution < 1.29 is 4.74 Å². The molecule has 18 heavy (non-hydrogen) atoms. The van der Waals surface area contributed by atoms with Crippen molar-refractivity contribution in [3.63, 3.8) is 0 Å². The molecular weight excluding hydrogens is 230 g/mol. The van der Waals surface area contributed by atoms with E-state index in [0.29, 0.717) is 11.6 Å². The molecule has 1 aromatic heterocycles. The highest BCUT2D eigenvalue weighted by atomic mass is 16.5. The monoisotopic (exact) mass is 241 g/mol. The zero-order chi connectivity index (χ0) is 12.8. The lowest BCUT2D eigenvalue weighted by molar-refractivity contribution is 0.531. The zero-order valence-electron chi connectivity index (χ0n) is 9.71. The van der Waals surface area contributed by atoms with Gasteiger partial charge in [-0.15, -0.1) is 0 Å². The predicted octanol–water partition coefficient (Wildman–Crippen LogP) is 1.86. The number of H-pyrrole nitrogens is 1. The Morgan fingerprint density at radius 1 is 1.44 bits per heavy atom. The number of nitrogens with one attached hydrogen (secondary N) is 2. The van der Waals surface area contributed by atoms with Gasteiger partial charge in [0.1, 0.15) is 5.75 Å². The summed E-state index contributed by atoms with van der Waals surface area (Å²) in [6.45, 7) is 1.86. The molecule has 6 heteroatoms. The third-order valence-electron chi connectivity index (χ3n) is 2.03. The van der Waals surface area contributed by atoms with Crippen molar-refractivity contribution in [1.29, 1.82) is 5.26 Å². The molecule has 6 nitrogen and oxygen atoms in total. The molecule has 0 aliphatic carbocycles. The highest BCUT2D eigenvalue weighted by Crippen LogP contribution is 2.12. The van der Waals surface area contributed by atoms with Crippen LogP contribution in [0, 0.1) is 18.4 Å². The van der Waals surface area contributed by atoms with Gasteiger partial charge in [-0.2, -0.15) is 15.4 Å². The van der Waals surface area contributed by atoms with Crippen molar-refractivity contribution in [2.45, 2.75) is 6.92 Å². The van der Waals surface area contributed by atoms with Crippen molar-refractivity contribution in [2.24, 2.45) is 4.99 Å². The molecule has 0 bridgehead atoms. The summed E-state index contributed by atoms with van der Waals surface area (Å²) < 4.78 is 5.43. The number of aromatic amines is 1. The van der Waals surface area contributed by atoms with Gasteiger partial charge in [-0.3, -0.25) is 5.10 Å². The molecule has 0 aliphatic heterocycles. The van der Waals surface area contributed by atoms with Gasteiger partial charge in [0.15, 0.2) is 12.0 Å². The maximum atomic E-state index is 8.65. The van der Waals surface area contributed by atoms with Gasteiger partial charge in [0.25, 0.3) is 0 Å². The molecule has 0 fully saturated rings. The number of amidine groups is 1. The molecule has 2 aromatic rings. The Morgan fingerprint density at radius 2 is 2.22 bits per heavy atom.